The van der Waals surface area contributed by atoms with Crippen LogP contribution in [-0.2, 0) is 0 Å². The normalized spacial score (nSPS) is 12.0. The van der Waals surface area contributed by atoms with Crippen LogP contribution in [0.2, 0.25) is 5.02 Å². The van der Waals surface area contributed by atoms with Gasteiger partial charge in [-0.2, -0.15) is 5.10 Å². The monoisotopic (exact) mass is 445 g/mol. The summed E-state index contributed by atoms with van der Waals surface area (Å²) in [6, 6.07) is 2.34. The molecule has 30 heavy (non-hydrogen) atoms. The molecule has 0 bridgehead atoms. The molecule has 0 aliphatic rings. The molecule has 0 aliphatic heterocycles. The van der Waals surface area contributed by atoms with E-state index in [9.17, 15) is 18.0 Å². The fourth-order valence-corrected chi connectivity index (χ4v) is 2.86. The van der Waals surface area contributed by atoms with Crippen molar-refractivity contribution in [3.8, 4) is 11.7 Å². The van der Waals surface area contributed by atoms with Crippen molar-refractivity contribution in [2.24, 2.45) is 5.73 Å². The summed E-state index contributed by atoms with van der Waals surface area (Å²) in [6.45, 7) is 2.33. The average molecular weight is 446 g/mol. The first-order chi connectivity index (χ1) is 14.2. The molecular formula is C17H19ClF3N7O2. The highest BCUT2D eigenvalue weighted by Gasteiger charge is 2.32. The van der Waals surface area contributed by atoms with Crippen molar-refractivity contribution in [1.82, 2.24) is 30.0 Å². The summed E-state index contributed by atoms with van der Waals surface area (Å²) in [4.78, 5) is 21.3. The number of fused-ring (bicyclic) bond motifs is 1. The van der Waals surface area contributed by atoms with Gasteiger partial charge in [-0.25, -0.2) is 9.67 Å². The van der Waals surface area contributed by atoms with Gasteiger partial charge < -0.3 is 25.7 Å². The van der Waals surface area contributed by atoms with Crippen LogP contribution in [0, 0.1) is 0 Å². The summed E-state index contributed by atoms with van der Waals surface area (Å²) >= 11 is 5.84. The van der Waals surface area contributed by atoms with Crippen LogP contribution in [0.5, 0.6) is 5.75 Å². The van der Waals surface area contributed by atoms with E-state index < -0.39 is 12.1 Å². The molecule has 0 fully saturated rings. The number of ether oxygens (including phenoxy) is 1. The largest absolute Gasteiger partial charge is 0.573 e. The van der Waals surface area contributed by atoms with Crippen LogP contribution in [0.4, 0.5) is 13.2 Å². The van der Waals surface area contributed by atoms with E-state index in [1.165, 1.54) is 23.1 Å². The van der Waals surface area contributed by atoms with Crippen LogP contribution >= 0.6 is 11.6 Å². The number of hydrogen-bond acceptors (Lipinski definition) is 6. The van der Waals surface area contributed by atoms with E-state index in [0.717, 1.165) is 12.6 Å². The number of rotatable bonds is 8. The van der Waals surface area contributed by atoms with E-state index in [0.29, 0.717) is 30.7 Å². The van der Waals surface area contributed by atoms with E-state index in [2.05, 4.69) is 25.1 Å². The number of nitrogens with one attached hydrogen (secondary N) is 2. The van der Waals surface area contributed by atoms with Gasteiger partial charge in [0.1, 0.15) is 5.75 Å². The predicted octanol–water partition coefficient (Wildman–Crippen LogP) is 1.92. The fourth-order valence-electron chi connectivity index (χ4n) is 2.66. The molecule has 2 heterocycles. The second-order valence-corrected chi connectivity index (χ2v) is 6.84. The van der Waals surface area contributed by atoms with Gasteiger partial charge in [0.15, 0.2) is 0 Å². The summed E-state index contributed by atoms with van der Waals surface area (Å²) < 4.78 is 42.6. The third-order valence-corrected chi connectivity index (χ3v) is 4.40. The first kappa shape index (κ1) is 21.9. The van der Waals surface area contributed by atoms with E-state index in [4.69, 9.17) is 17.3 Å². The molecule has 1 amide bonds. The van der Waals surface area contributed by atoms with E-state index >= 15 is 0 Å². The molecule has 0 saturated carbocycles. The minimum Gasteiger partial charge on any atom is -0.404 e. The minimum atomic E-state index is -4.88. The van der Waals surface area contributed by atoms with Crippen LogP contribution in [0.25, 0.3) is 17.0 Å². The number of H-pyrrole nitrogens is 1. The fraction of sp³-hybridized carbons (Fsp3) is 0.353. The van der Waals surface area contributed by atoms with Crippen LogP contribution in [-0.4, -0.2) is 70.1 Å². The van der Waals surface area contributed by atoms with Gasteiger partial charge in [0.2, 0.25) is 5.95 Å². The number of nitrogens with two attached hydrogens (primary N) is 1. The zero-order valence-corrected chi connectivity index (χ0v) is 16.6. The lowest BCUT2D eigenvalue weighted by atomic mass is 10.3. The van der Waals surface area contributed by atoms with Crippen LogP contribution in [0.1, 0.15) is 10.4 Å². The highest BCUT2D eigenvalue weighted by atomic mass is 35.5. The van der Waals surface area contributed by atoms with Gasteiger partial charge >= 0.3 is 6.36 Å². The Balaban J connectivity index is 1.72. The number of alkyl halides is 3. The lowest BCUT2D eigenvalue weighted by molar-refractivity contribution is -0.274. The standard InChI is InChI=1S/C17H19ClF3N7O2/c1-27(4-2-22)5-3-23-15(29)10-8-24-28(9-10)16-25-12-6-11(18)14(7-13(12)26-16)30-17(19,20)21/h6-9H,2-5,22H2,1H3,(H,23,29)(H,25,26). The third kappa shape index (κ3) is 5.40. The molecule has 0 unspecified atom stereocenters. The van der Waals surface area contributed by atoms with Crippen molar-refractivity contribution in [2.45, 2.75) is 6.36 Å². The summed E-state index contributed by atoms with van der Waals surface area (Å²) in [7, 11) is 1.90. The van der Waals surface area contributed by atoms with Gasteiger partial charge in [0.05, 0.1) is 27.8 Å². The number of aromatic amines is 1. The molecular weight excluding hydrogens is 427 g/mol. The first-order valence-corrected chi connectivity index (χ1v) is 9.21. The Bertz CT molecular complexity index is 1030. The smallest absolute Gasteiger partial charge is 0.404 e. The van der Waals surface area contributed by atoms with Gasteiger partial charge in [-0.3, -0.25) is 4.79 Å². The molecule has 0 atom stereocenters. The number of benzene rings is 1. The predicted molar refractivity (Wildman–Crippen MR) is 104 cm³/mol. The lowest BCUT2D eigenvalue weighted by Gasteiger charge is -2.15. The Morgan fingerprint density at radius 3 is 2.87 bits per heavy atom. The topological polar surface area (TPSA) is 114 Å². The molecule has 0 spiro atoms. The second-order valence-electron chi connectivity index (χ2n) is 6.43. The number of aromatic nitrogens is 4. The van der Waals surface area contributed by atoms with Crippen molar-refractivity contribution in [2.75, 3.05) is 33.2 Å². The number of halogens is 4. The van der Waals surface area contributed by atoms with Gasteiger partial charge in [-0.15, -0.1) is 13.2 Å². The molecule has 0 aliphatic carbocycles. The first-order valence-electron chi connectivity index (χ1n) is 8.83. The highest BCUT2D eigenvalue weighted by Crippen LogP contribution is 2.33. The van der Waals surface area contributed by atoms with Crippen molar-refractivity contribution < 1.29 is 22.7 Å². The average Bonchev–Trinajstić information content (AvgIpc) is 3.27. The number of hydrogen-bond donors (Lipinski definition) is 3. The summed E-state index contributed by atoms with van der Waals surface area (Å²) in [5.74, 6) is -0.677. The third-order valence-electron chi connectivity index (χ3n) is 4.10. The van der Waals surface area contributed by atoms with Gasteiger partial charge in [0, 0.05) is 38.4 Å². The molecule has 3 rings (SSSR count). The second kappa shape index (κ2) is 8.90. The summed E-state index contributed by atoms with van der Waals surface area (Å²) in [6.07, 6.45) is -2.07. The van der Waals surface area contributed by atoms with Crippen molar-refractivity contribution in [3.63, 3.8) is 0 Å². The Morgan fingerprint density at radius 2 is 2.17 bits per heavy atom. The number of imidazole rings is 1. The number of amides is 1. The van der Waals surface area contributed by atoms with E-state index in [1.54, 1.807) is 0 Å². The Kier molecular flexibility index (Phi) is 6.48. The maximum atomic E-state index is 12.5. The van der Waals surface area contributed by atoms with Crippen LogP contribution in [0.3, 0.4) is 0 Å². The number of nitrogens with zero attached hydrogens (tertiary/aromatic N) is 4. The number of carbonyl (C=O) groups is 1. The number of likely N-dealkylation sites (N-methyl/N-ethyl adjacent to an activating group) is 1. The van der Waals surface area contributed by atoms with Crippen molar-refractivity contribution in [3.05, 3.63) is 35.1 Å². The minimum absolute atomic E-state index is 0.193. The molecule has 0 radical (unpaired) electrons. The van der Waals surface area contributed by atoms with Gasteiger partial charge in [-0.05, 0) is 13.1 Å². The van der Waals surface area contributed by atoms with Crippen LogP contribution < -0.4 is 15.8 Å². The highest BCUT2D eigenvalue weighted by molar-refractivity contribution is 6.32. The molecule has 2 aromatic heterocycles. The zero-order valence-electron chi connectivity index (χ0n) is 15.8. The molecule has 3 aromatic rings. The summed E-state index contributed by atoms with van der Waals surface area (Å²) in [5, 5.41) is 6.61. The molecule has 0 saturated heterocycles. The van der Waals surface area contributed by atoms with E-state index in [-0.39, 0.29) is 22.4 Å². The Hall–Kier alpha value is -2.83. The molecule has 4 N–H and O–H groups in total. The maximum Gasteiger partial charge on any atom is 0.573 e. The molecule has 13 heteroatoms. The quantitative estimate of drug-likeness (QED) is 0.488. The summed E-state index contributed by atoms with van der Waals surface area (Å²) in [5.41, 5.74) is 6.35. The van der Waals surface area contributed by atoms with Gasteiger partial charge in [0.25, 0.3) is 5.91 Å². The maximum absolute atomic E-state index is 12.5. The van der Waals surface area contributed by atoms with Crippen LogP contribution in [0.15, 0.2) is 24.5 Å². The van der Waals surface area contributed by atoms with Crippen molar-refractivity contribution >= 4 is 28.5 Å². The Morgan fingerprint density at radius 1 is 1.40 bits per heavy atom. The Labute approximate surface area is 173 Å². The molecule has 9 nitrogen and oxygen atoms in total. The number of carbonyl (C=O) groups excluding carboxylic acids is 1. The SMILES string of the molecule is CN(CCN)CCNC(=O)c1cnn(-c2nc3cc(OC(F)(F)F)c(Cl)cc3[nH]2)c1. The van der Waals surface area contributed by atoms with Crippen molar-refractivity contribution in [1.29, 1.82) is 0 Å². The van der Waals surface area contributed by atoms with Gasteiger partial charge in [-0.1, -0.05) is 11.6 Å². The lowest BCUT2D eigenvalue weighted by Crippen LogP contribution is -2.35. The molecule has 162 valence electrons. The molecule has 1 aromatic carbocycles. The van der Waals surface area contributed by atoms with E-state index in [1.807, 2.05) is 11.9 Å². The zero-order chi connectivity index (χ0) is 21.9.